The monoisotopic (exact) mass is 277 g/mol. The third-order valence-corrected chi connectivity index (χ3v) is 7.31. The molecule has 5 saturated carbocycles. The first kappa shape index (κ1) is 13.6. The normalized spacial score (nSPS) is 51.6. The second-order valence-corrected chi connectivity index (χ2v) is 8.67. The van der Waals surface area contributed by atoms with Gasteiger partial charge in [-0.2, -0.15) is 0 Å². The molecule has 5 aliphatic carbocycles. The summed E-state index contributed by atoms with van der Waals surface area (Å²) in [6, 6.07) is 0.656. The molecular formula is C18H31NO. The quantitative estimate of drug-likeness (QED) is 0.826. The molecule has 0 aromatic carbocycles. The maximum absolute atomic E-state index is 10.00. The maximum atomic E-state index is 10.00. The van der Waals surface area contributed by atoms with Gasteiger partial charge in [0, 0.05) is 12.6 Å². The summed E-state index contributed by atoms with van der Waals surface area (Å²) in [5.41, 5.74) is 0.609. The number of aliphatic hydroxyl groups excluding tert-OH is 1. The summed E-state index contributed by atoms with van der Waals surface area (Å²) >= 11 is 0. The molecular weight excluding hydrogens is 246 g/mol. The Morgan fingerprint density at radius 3 is 2.15 bits per heavy atom. The van der Waals surface area contributed by atoms with Gasteiger partial charge in [-0.25, -0.2) is 0 Å². The first-order valence-corrected chi connectivity index (χ1v) is 9.06. The van der Waals surface area contributed by atoms with E-state index in [2.05, 4.69) is 12.2 Å². The summed E-state index contributed by atoms with van der Waals surface area (Å²) in [6.45, 7) is 3.48. The van der Waals surface area contributed by atoms with E-state index in [9.17, 15) is 5.11 Å². The summed E-state index contributed by atoms with van der Waals surface area (Å²) < 4.78 is 0. The van der Waals surface area contributed by atoms with E-state index in [0.717, 1.165) is 30.7 Å². The third kappa shape index (κ3) is 2.23. The second-order valence-electron chi connectivity index (χ2n) is 8.67. The van der Waals surface area contributed by atoms with Gasteiger partial charge in [0.1, 0.15) is 0 Å². The van der Waals surface area contributed by atoms with Crippen LogP contribution in [0.25, 0.3) is 0 Å². The van der Waals surface area contributed by atoms with Crippen LogP contribution >= 0.6 is 0 Å². The van der Waals surface area contributed by atoms with E-state index < -0.39 is 0 Å². The van der Waals surface area contributed by atoms with Crippen molar-refractivity contribution in [1.29, 1.82) is 0 Å². The van der Waals surface area contributed by atoms with Crippen molar-refractivity contribution in [3.63, 3.8) is 0 Å². The van der Waals surface area contributed by atoms with Gasteiger partial charge in [-0.1, -0.05) is 6.42 Å². The summed E-state index contributed by atoms with van der Waals surface area (Å²) in [5, 5.41) is 13.8. The van der Waals surface area contributed by atoms with Crippen molar-refractivity contribution in [2.75, 3.05) is 6.54 Å². The lowest BCUT2D eigenvalue weighted by Crippen LogP contribution is -2.55. The average molecular weight is 277 g/mol. The average Bonchev–Trinajstić information content (AvgIpc) is 2.80. The number of rotatable bonds is 4. The molecule has 20 heavy (non-hydrogen) atoms. The standard InChI is InChI=1S/C18H31NO/c1-12(19-11-16-3-2-4-17(16)20)18-8-13-5-14(9-18)7-15(6-13)10-18/h12-17,19-20H,2-11H2,1H3. The Kier molecular flexibility index (Phi) is 3.38. The van der Waals surface area contributed by atoms with E-state index in [1.165, 1.54) is 51.4 Å². The van der Waals surface area contributed by atoms with Gasteiger partial charge < -0.3 is 10.4 Å². The molecule has 2 N–H and O–H groups in total. The van der Waals surface area contributed by atoms with Crippen LogP contribution < -0.4 is 5.32 Å². The Labute approximate surface area is 123 Å². The third-order valence-electron chi connectivity index (χ3n) is 7.31. The lowest BCUT2D eigenvalue weighted by molar-refractivity contribution is -0.0713. The molecule has 5 fully saturated rings. The lowest BCUT2D eigenvalue weighted by Gasteiger charge is -2.59. The first-order valence-electron chi connectivity index (χ1n) is 9.06. The molecule has 0 amide bonds. The van der Waals surface area contributed by atoms with E-state index in [-0.39, 0.29) is 6.10 Å². The van der Waals surface area contributed by atoms with Crippen molar-refractivity contribution >= 4 is 0 Å². The van der Waals surface area contributed by atoms with E-state index in [1.807, 2.05) is 0 Å². The van der Waals surface area contributed by atoms with Gasteiger partial charge in [-0.05, 0) is 87.4 Å². The molecule has 0 saturated heterocycles. The van der Waals surface area contributed by atoms with Crippen LogP contribution in [0.2, 0.25) is 0 Å². The Balaban J connectivity index is 1.39. The van der Waals surface area contributed by atoms with Crippen LogP contribution in [0.1, 0.15) is 64.7 Å². The molecule has 0 aromatic rings. The first-order chi connectivity index (χ1) is 9.64. The number of hydrogen-bond acceptors (Lipinski definition) is 2. The molecule has 114 valence electrons. The van der Waals surface area contributed by atoms with E-state index in [1.54, 1.807) is 0 Å². The Morgan fingerprint density at radius 2 is 1.65 bits per heavy atom. The molecule has 3 unspecified atom stereocenters. The van der Waals surface area contributed by atoms with E-state index in [4.69, 9.17) is 0 Å². The molecule has 2 heteroatoms. The van der Waals surface area contributed by atoms with Crippen LogP contribution in [0.15, 0.2) is 0 Å². The Bertz CT molecular complexity index is 331. The van der Waals surface area contributed by atoms with Crippen LogP contribution in [0.5, 0.6) is 0 Å². The summed E-state index contributed by atoms with van der Waals surface area (Å²) in [5.74, 6) is 3.65. The highest BCUT2D eigenvalue weighted by Gasteiger charge is 2.53. The molecule has 4 bridgehead atoms. The fourth-order valence-corrected chi connectivity index (χ4v) is 6.51. The van der Waals surface area contributed by atoms with Gasteiger partial charge in [0.2, 0.25) is 0 Å². The topological polar surface area (TPSA) is 32.3 Å². The number of hydrogen-bond donors (Lipinski definition) is 2. The van der Waals surface area contributed by atoms with Crippen molar-refractivity contribution in [2.45, 2.75) is 76.9 Å². The van der Waals surface area contributed by atoms with Gasteiger partial charge in [0.05, 0.1) is 6.10 Å². The van der Waals surface area contributed by atoms with Gasteiger partial charge in [-0.3, -0.25) is 0 Å². The van der Waals surface area contributed by atoms with Crippen LogP contribution in [0, 0.1) is 29.1 Å². The fraction of sp³-hybridized carbons (Fsp3) is 1.00. The zero-order valence-electron chi connectivity index (χ0n) is 13.0. The molecule has 2 nitrogen and oxygen atoms in total. The second kappa shape index (κ2) is 4.98. The van der Waals surface area contributed by atoms with Gasteiger partial charge in [0.25, 0.3) is 0 Å². The minimum atomic E-state index is -0.0361. The summed E-state index contributed by atoms with van der Waals surface area (Å²) in [4.78, 5) is 0. The van der Waals surface area contributed by atoms with Crippen molar-refractivity contribution in [2.24, 2.45) is 29.1 Å². The SMILES string of the molecule is CC(NCC1CCCC1O)C12CC3CC(CC(C3)C1)C2. The zero-order chi connectivity index (χ0) is 13.7. The minimum absolute atomic E-state index is 0.0361. The van der Waals surface area contributed by atoms with Crippen molar-refractivity contribution in [3.8, 4) is 0 Å². The lowest BCUT2D eigenvalue weighted by atomic mass is 9.48. The number of nitrogens with one attached hydrogen (secondary N) is 1. The van der Waals surface area contributed by atoms with Gasteiger partial charge >= 0.3 is 0 Å². The van der Waals surface area contributed by atoms with Crippen LogP contribution in [0.4, 0.5) is 0 Å². The molecule has 0 aliphatic heterocycles. The van der Waals surface area contributed by atoms with E-state index in [0.29, 0.717) is 17.4 Å². The number of aliphatic hydroxyl groups is 1. The van der Waals surface area contributed by atoms with Crippen molar-refractivity contribution in [3.05, 3.63) is 0 Å². The fourth-order valence-electron chi connectivity index (χ4n) is 6.51. The van der Waals surface area contributed by atoms with Crippen LogP contribution in [0.3, 0.4) is 0 Å². The molecule has 5 rings (SSSR count). The highest BCUT2D eigenvalue weighted by molar-refractivity contribution is 5.05. The highest BCUT2D eigenvalue weighted by Crippen LogP contribution is 2.61. The Hall–Kier alpha value is -0.0800. The predicted molar refractivity (Wildman–Crippen MR) is 81.4 cm³/mol. The smallest absolute Gasteiger partial charge is 0.0580 e. The predicted octanol–water partition coefficient (Wildman–Crippen LogP) is 3.34. The molecule has 0 spiro atoms. The Morgan fingerprint density at radius 1 is 1.05 bits per heavy atom. The molecule has 3 atom stereocenters. The largest absolute Gasteiger partial charge is 0.393 e. The van der Waals surface area contributed by atoms with Crippen LogP contribution in [-0.2, 0) is 0 Å². The van der Waals surface area contributed by atoms with E-state index >= 15 is 0 Å². The zero-order valence-corrected chi connectivity index (χ0v) is 13.0. The minimum Gasteiger partial charge on any atom is -0.393 e. The van der Waals surface area contributed by atoms with Gasteiger partial charge in [-0.15, -0.1) is 0 Å². The highest BCUT2D eigenvalue weighted by atomic mass is 16.3. The summed E-state index contributed by atoms with van der Waals surface area (Å²) in [6.07, 6.45) is 12.5. The molecule has 0 radical (unpaired) electrons. The van der Waals surface area contributed by atoms with Crippen molar-refractivity contribution < 1.29 is 5.11 Å². The van der Waals surface area contributed by atoms with Crippen LogP contribution in [-0.4, -0.2) is 23.8 Å². The molecule has 0 heterocycles. The molecule has 5 aliphatic rings. The molecule has 0 aromatic heterocycles. The van der Waals surface area contributed by atoms with Gasteiger partial charge in [0.15, 0.2) is 0 Å². The van der Waals surface area contributed by atoms with Crippen molar-refractivity contribution in [1.82, 2.24) is 5.32 Å². The summed E-state index contributed by atoms with van der Waals surface area (Å²) in [7, 11) is 0. The maximum Gasteiger partial charge on any atom is 0.0580 e.